The third-order valence-corrected chi connectivity index (χ3v) is 5.41. The van der Waals surface area contributed by atoms with E-state index in [4.69, 9.17) is 4.74 Å². The van der Waals surface area contributed by atoms with Gasteiger partial charge in [0, 0.05) is 37.9 Å². The number of nitrogens with zero attached hydrogens (tertiary/aromatic N) is 2. The number of hydrogen-bond acceptors (Lipinski definition) is 4. The molecular formula is C25H26N2O3. The van der Waals surface area contributed by atoms with Gasteiger partial charge in [-0.3, -0.25) is 4.79 Å². The van der Waals surface area contributed by atoms with Gasteiger partial charge in [-0.2, -0.15) is 0 Å². The SMILES string of the molecule is O=C(COC(c1ccccc1)c1ccccc1)N1CCN(c2cccc(O)c2)CC1. The lowest BCUT2D eigenvalue weighted by atomic mass is 10.0. The van der Waals surface area contributed by atoms with Gasteiger partial charge in [-0.05, 0) is 23.3 Å². The minimum absolute atomic E-state index is 0.00224. The fourth-order valence-electron chi connectivity index (χ4n) is 3.79. The number of aromatic hydroxyl groups is 1. The molecule has 3 aromatic carbocycles. The molecule has 0 atom stereocenters. The number of carbonyl (C=O) groups is 1. The van der Waals surface area contributed by atoms with Crippen LogP contribution in [-0.2, 0) is 9.53 Å². The summed E-state index contributed by atoms with van der Waals surface area (Å²) >= 11 is 0. The van der Waals surface area contributed by atoms with Crippen LogP contribution in [0.3, 0.4) is 0 Å². The molecule has 0 unspecified atom stereocenters. The van der Waals surface area contributed by atoms with Gasteiger partial charge in [0.1, 0.15) is 18.5 Å². The van der Waals surface area contributed by atoms with Crippen LogP contribution in [0.25, 0.3) is 0 Å². The van der Waals surface area contributed by atoms with Crippen LogP contribution in [-0.4, -0.2) is 48.7 Å². The molecule has 30 heavy (non-hydrogen) atoms. The number of ether oxygens (including phenoxy) is 1. The summed E-state index contributed by atoms with van der Waals surface area (Å²) < 4.78 is 6.12. The van der Waals surface area contributed by atoms with Gasteiger partial charge >= 0.3 is 0 Å². The number of hydrogen-bond donors (Lipinski definition) is 1. The Bertz CT molecular complexity index is 915. The van der Waals surface area contributed by atoms with Gasteiger partial charge in [0.2, 0.25) is 5.91 Å². The minimum atomic E-state index is -0.273. The monoisotopic (exact) mass is 402 g/mol. The molecule has 1 saturated heterocycles. The lowest BCUT2D eigenvalue weighted by Gasteiger charge is -2.36. The average Bonchev–Trinajstić information content (AvgIpc) is 2.81. The van der Waals surface area contributed by atoms with Crippen molar-refractivity contribution in [2.24, 2.45) is 0 Å². The standard InChI is InChI=1S/C25H26N2O3/c28-23-13-7-12-22(18-23)26-14-16-27(17-15-26)24(29)19-30-25(20-8-3-1-4-9-20)21-10-5-2-6-11-21/h1-13,18,25,28H,14-17,19H2. The van der Waals surface area contributed by atoms with Gasteiger partial charge in [0.05, 0.1) is 0 Å². The number of phenols is 1. The number of phenolic OH excluding ortho intramolecular Hbond substituents is 1. The fraction of sp³-hybridized carbons (Fsp3) is 0.240. The molecule has 0 saturated carbocycles. The molecule has 0 bridgehead atoms. The summed E-state index contributed by atoms with van der Waals surface area (Å²) in [5, 5.41) is 9.69. The van der Waals surface area contributed by atoms with E-state index >= 15 is 0 Å². The molecule has 4 rings (SSSR count). The number of rotatable bonds is 6. The van der Waals surface area contributed by atoms with Crippen molar-refractivity contribution in [1.29, 1.82) is 0 Å². The molecular weight excluding hydrogens is 376 g/mol. The number of piperazine rings is 1. The Morgan fingerprint density at radius 1 is 0.833 bits per heavy atom. The van der Waals surface area contributed by atoms with E-state index in [1.807, 2.05) is 77.7 Å². The number of benzene rings is 3. The van der Waals surface area contributed by atoms with Crippen LogP contribution in [0.4, 0.5) is 5.69 Å². The molecule has 5 nitrogen and oxygen atoms in total. The third-order valence-electron chi connectivity index (χ3n) is 5.41. The molecule has 3 aromatic rings. The maximum atomic E-state index is 12.8. The summed E-state index contributed by atoms with van der Waals surface area (Å²) in [5.74, 6) is 0.259. The van der Waals surface area contributed by atoms with Crippen molar-refractivity contribution in [2.75, 3.05) is 37.7 Å². The first kappa shape index (κ1) is 20.0. The summed E-state index contributed by atoms with van der Waals surface area (Å²) in [7, 11) is 0. The van der Waals surface area contributed by atoms with E-state index in [1.165, 1.54) is 0 Å². The second-order valence-electron chi connectivity index (χ2n) is 7.40. The molecule has 1 aliphatic rings. The number of carbonyl (C=O) groups excluding carboxylic acids is 1. The topological polar surface area (TPSA) is 53.0 Å². The van der Waals surface area contributed by atoms with Gasteiger partial charge in [-0.1, -0.05) is 66.7 Å². The summed E-state index contributed by atoms with van der Waals surface area (Å²) in [5.41, 5.74) is 3.04. The first-order valence-electron chi connectivity index (χ1n) is 10.2. The lowest BCUT2D eigenvalue weighted by Crippen LogP contribution is -2.49. The molecule has 1 heterocycles. The quantitative estimate of drug-likeness (QED) is 0.681. The van der Waals surface area contributed by atoms with Crippen LogP contribution < -0.4 is 4.90 Å². The van der Waals surface area contributed by atoms with Crippen molar-refractivity contribution in [3.05, 3.63) is 96.1 Å². The average molecular weight is 402 g/mol. The Balaban J connectivity index is 1.36. The normalized spacial score (nSPS) is 14.2. The second-order valence-corrected chi connectivity index (χ2v) is 7.40. The van der Waals surface area contributed by atoms with Crippen LogP contribution in [0.15, 0.2) is 84.9 Å². The maximum absolute atomic E-state index is 12.8. The summed E-state index contributed by atoms with van der Waals surface area (Å²) in [4.78, 5) is 16.8. The minimum Gasteiger partial charge on any atom is -0.508 e. The number of amides is 1. The van der Waals surface area contributed by atoms with Gasteiger partial charge in [-0.25, -0.2) is 0 Å². The highest BCUT2D eigenvalue weighted by atomic mass is 16.5. The van der Waals surface area contributed by atoms with Crippen LogP contribution in [0.1, 0.15) is 17.2 Å². The van der Waals surface area contributed by atoms with Crippen molar-refractivity contribution in [3.63, 3.8) is 0 Å². The van der Waals surface area contributed by atoms with Crippen LogP contribution in [0, 0.1) is 0 Å². The van der Waals surface area contributed by atoms with Gasteiger partial charge in [0.25, 0.3) is 0 Å². The van der Waals surface area contributed by atoms with Gasteiger partial charge in [-0.15, -0.1) is 0 Å². The molecule has 1 amide bonds. The fourth-order valence-corrected chi connectivity index (χ4v) is 3.79. The number of anilines is 1. The highest BCUT2D eigenvalue weighted by Crippen LogP contribution is 2.26. The van der Waals surface area contributed by atoms with E-state index < -0.39 is 0 Å². The molecule has 0 aliphatic carbocycles. The van der Waals surface area contributed by atoms with Crippen molar-refractivity contribution in [3.8, 4) is 5.75 Å². The molecule has 0 spiro atoms. The Kier molecular flexibility index (Phi) is 6.30. The van der Waals surface area contributed by atoms with Crippen LogP contribution >= 0.6 is 0 Å². The summed E-state index contributed by atoms with van der Waals surface area (Å²) in [6.45, 7) is 2.78. The van der Waals surface area contributed by atoms with Crippen molar-refractivity contribution < 1.29 is 14.6 Å². The van der Waals surface area contributed by atoms with Gasteiger partial charge in [0.15, 0.2) is 0 Å². The predicted molar refractivity (Wildman–Crippen MR) is 118 cm³/mol. The maximum Gasteiger partial charge on any atom is 0.248 e. The lowest BCUT2D eigenvalue weighted by molar-refractivity contribution is -0.137. The second kappa shape index (κ2) is 9.46. The van der Waals surface area contributed by atoms with Crippen LogP contribution in [0.5, 0.6) is 5.75 Å². The van der Waals surface area contributed by atoms with E-state index in [9.17, 15) is 9.90 Å². The van der Waals surface area contributed by atoms with Gasteiger partial charge < -0.3 is 19.6 Å². The molecule has 1 aliphatic heterocycles. The molecule has 1 N–H and O–H groups in total. The first-order valence-corrected chi connectivity index (χ1v) is 10.2. The highest BCUT2D eigenvalue weighted by molar-refractivity contribution is 5.78. The Morgan fingerprint density at radius 2 is 1.43 bits per heavy atom. The van der Waals surface area contributed by atoms with Crippen molar-refractivity contribution in [1.82, 2.24) is 4.90 Å². The zero-order valence-corrected chi connectivity index (χ0v) is 16.9. The van der Waals surface area contributed by atoms with E-state index in [2.05, 4.69) is 4.90 Å². The van der Waals surface area contributed by atoms with E-state index in [0.717, 1.165) is 29.9 Å². The Hall–Kier alpha value is -3.31. The summed E-state index contributed by atoms with van der Waals surface area (Å²) in [6, 6.07) is 27.2. The zero-order valence-electron chi connectivity index (χ0n) is 16.9. The molecule has 154 valence electrons. The van der Waals surface area contributed by atoms with Crippen molar-refractivity contribution >= 4 is 11.6 Å². The van der Waals surface area contributed by atoms with E-state index in [0.29, 0.717) is 13.1 Å². The molecule has 5 heteroatoms. The molecule has 1 fully saturated rings. The smallest absolute Gasteiger partial charge is 0.248 e. The third kappa shape index (κ3) is 4.81. The van der Waals surface area contributed by atoms with E-state index in [1.54, 1.807) is 12.1 Å². The molecule has 0 aromatic heterocycles. The van der Waals surface area contributed by atoms with Crippen molar-refractivity contribution in [2.45, 2.75) is 6.10 Å². The largest absolute Gasteiger partial charge is 0.508 e. The summed E-state index contributed by atoms with van der Waals surface area (Å²) in [6.07, 6.45) is -0.273. The Labute approximate surface area is 177 Å². The predicted octanol–water partition coefficient (Wildman–Crippen LogP) is 3.85. The Morgan fingerprint density at radius 3 is 2.00 bits per heavy atom. The van der Waals surface area contributed by atoms with Crippen LogP contribution in [0.2, 0.25) is 0 Å². The zero-order chi connectivity index (χ0) is 20.8. The molecule has 0 radical (unpaired) electrons. The van der Waals surface area contributed by atoms with E-state index in [-0.39, 0.29) is 24.4 Å². The first-order chi connectivity index (χ1) is 14.7. The highest BCUT2D eigenvalue weighted by Gasteiger charge is 2.23.